The average molecular weight is 345 g/mol. The van der Waals surface area contributed by atoms with Gasteiger partial charge < -0.3 is 9.64 Å². The van der Waals surface area contributed by atoms with Crippen molar-refractivity contribution in [3.05, 3.63) is 34.7 Å². The quantitative estimate of drug-likeness (QED) is 0.793. The summed E-state index contributed by atoms with van der Waals surface area (Å²) in [6.45, 7) is 7.56. The van der Waals surface area contributed by atoms with Crippen LogP contribution in [0.3, 0.4) is 0 Å². The first-order chi connectivity index (χ1) is 11.5. The molecule has 128 valence electrons. The minimum absolute atomic E-state index is 0.0967. The summed E-state index contributed by atoms with van der Waals surface area (Å²) in [4.78, 5) is 27.1. The number of thiophene rings is 1. The van der Waals surface area contributed by atoms with Gasteiger partial charge in [0.05, 0.1) is 0 Å². The van der Waals surface area contributed by atoms with Crippen LogP contribution in [0.25, 0.3) is 10.1 Å². The van der Waals surface area contributed by atoms with Gasteiger partial charge in [0.15, 0.2) is 6.61 Å². The van der Waals surface area contributed by atoms with Crippen molar-refractivity contribution >= 4 is 33.3 Å². The van der Waals surface area contributed by atoms with Gasteiger partial charge in [-0.25, -0.2) is 4.79 Å². The molecule has 1 saturated heterocycles. The monoisotopic (exact) mass is 345 g/mol. The fourth-order valence-corrected chi connectivity index (χ4v) is 4.62. The molecule has 2 aromatic rings. The number of nitrogens with zero attached hydrogens (tertiary/aromatic N) is 1. The highest BCUT2D eigenvalue weighted by molar-refractivity contribution is 7.21. The highest BCUT2D eigenvalue weighted by Gasteiger charge is 2.26. The number of rotatable bonds is 3. The van der Waals surface area contributed by atoms with Crippen LogP contribution in [0.15, 0.2) is 24.3 Å². The number of fused-ring (bicyclic) bond motifs is 1. The molecule has 1 aliphatic heterocycles. The topological polar surface area (TPSA) is 46.6 Å². The number of ether oxygens (including phenoxy) is 1. The minimum atomic E-state index is -0.403. The van der Waals surface area contributed by atoms with Crippen molar-refractivity contribution in [3.8, 4) is 0 Å². The highest BCUT2D eigenvalue weighted by Crippen LogP contribution is 2.31. The third kappa shape index (κ3) is 3.46. The molecule has 0 radical (unpaired) electrons. The van der Waals surface area contributed by atoms with Gasteiger partial charge in [-0.15, -0.1) is 11.3 Å². The van der Waals surface area contributed by atoms with Gasteiger partial charge in [-0.2, -0.15) is 0 Å². The van der Waals surface area contributed by atoms with Gasteiger partial charge in [0.1, 0.15) is 4.88 Å². The number of hydrogen-bond acceptors (Lipinski definition) is 4. The van der Waals surface area contributed by atoms with E-state index in [2.05, 4.69) is 13.8 Å². The second-order valence-corrected chi connectivity index (χ2v) is 7.93. The van der Waals surface area contributed by atoms with Gasteiger partial charge in [0.2, 0.25) is 0 Å². The van der Waals surface area contributed by atoms with Crippen molar-refractivity contribution in [3.63, 3.8) is 0 Å². The minimum Gasteiger partial charge on any atom is -0.451 e. The first-order valence-corrected chi connectivity index (χ1v) is 9.20. The molecule has 3 rings (SSSR count). The van der Waals surface area contributed by atoms with Gasteiger partial charge in [0, 0.05) is 17.8 Å². The number of carbonyl (C=O) groups is 2. The molecule has 0 unspecified atom stereocenters. The molecular formula is C19H23NO3S. The summed E-state index contributed by atoms with van der Waals surface area (Å²) in [5.74, 6) is 0.497. The van der Waals surface area contributed by atoms with E-state index in [1.165, 1.54) is 11.3 Å². The van der Waals surface area contributed by atoms with Crippen molar-refractivity contribution in [2.24, 2.45) is 11.8 Å². The number of hydrogen-bond donors (Lipinski definition) is 0. The van der Waals surface area contributed by atoms with Crippen LogP contribution in [0, 0.1) is 18.8 Å². The number of piperidine rings is 1. The van der Waals surface area contributed by atoms with Crippen LogP contribution < -0.4 is 0 Å². The van der Waals surface area contributed by atoms with Crippen LogP contribution in [-0.4, -0.2) is 36.5 Å². The number of likely N-dealkylation sites (tertiary alicyclic amines) is 1. The Morgan fingerprint density at radius 2 is 1.88 bits per heavy atom. The third-order valence-electron chi connectivity index (χ3n) is 4.58. The standard InChI is InChI=1S/C19H23NO3S/c1-12-8-13(2)10-20(9-12)17(21)11-23-19(22)18-14(3)15-6-4-5-7-16(15)24-18/h4-7,12-13H,8-11H2,1-3H3/t12-,13-/m0/s1. The molecule has 1 aromatic heterocycles. The zero-order valence-corrected chi connectivity index (χ0v) is 15.2. The van der Waals surface area contributed by atoms with Gasteiger partial charge in [0.25, 0.3) is 5.91 Å². The van der Waals surface area contributed by atoms with Gasteiger partial charge in [-0.1, -0.05) is 32.0 Å². The maximum absolute atomic E-state index is 12.4. The second-order valence-electron chi connectivity index (χ2n) is 6.87. The Kier molecular flexibility index (Phi) is 4.90. The van der Waals surface area contributed by atoms with Crippen LogP contribution in [0.5, 0.6) is 0 Å². The Bertz CT molecular complexity index is 757. The lowest BCUT2D eigenvalue weighted by molar-refractivity contribution is -0.137. The number of amides is 1. The van der Waals surface area contributed by atoms with E-state index in [0.29, 0.717) is 16.7 Å². The first kappa shape index (κ1) is 17.0. The number of carbonyl (C=O) groups excluding carboxylic acids is 2. The van der Waals surface area contributed by atoms with Crippen molar-refractivity contribution in [2.75, 3.05) is 19.7 Å². The van der Waals surface area contributed by atoms with Crippen LogP contribution in [0.1, 0.15) is 35.5 Å². The SMILES string of the molecule is Cc1c(C(=O)OCC(=O)N2C[C@@H](C)C[C@H](C)C2)sc2ccccc12. The van der Waals surface area contributed by atoms with E-state index in [9.17, 15) is 9.59 Å². The molecule has 4 nitrogen and oxygen atoms in total. The summed E-state index contributed by atoms with van der Waals surface area (Å²) in [5.41, 5.74) is 0.924. The van der Waals surface area contributed by atoms with E-state index in [1.807, 2.05) is 36.1 Å². The van der Waals surface area contributed by atoms with Gasteiger partial charge in [-0.3, -0.25) is 4.79 Å². The summed E-state index contributed by atoms with van der Waals surface area (Å²) in [6, 6.07) is 7.90. The maximum atomic E-state index is 12.4. The van der Waals surface area contributed by atoms with Crippen LogP contribution in [-0.2, 0) is 9.53 Å². The van der Waals surface area contributed by atoms with Gasteiger partial charge >= 0.3 is 5.97 Å². The number of aryl methyl sites for hydroxylation is 1. The largest absolute Gasteiger partial charge is 0.451 e. The summed E-state index contributed by atoms with van der Waals surface area (Å²) >= 11 is 1.42. The zero-order chi connectivity index (χ0) is 17.3. The first-order valence-electron chi connectivity index (χ1n) is 8.38. The summed E-state index contributed by atoms with van der Waals surface area (Å²) < 4.78 is 6.37. The third-order valence-corrected chi connectivity index (χ3v) is 5.83. The van der Waals surface area contributed by atoms with Crippen molar-refractivity contribution in [1.82, 2.24) is 4.90 Å². The Balaban J connectivity index is 1.64. The van der Waals surface area contributed by atoms with Crippen molar-refractivity contribution in [2.45, 2.75) is 27.2 Å². The molecule has 0 N–H and O–H groups in total. The Labute approximate surface area is 146 Å². The van der Waals surface area contributed by atoms with E-state index < -0.39 is 5.97 Å². The molecule has 1 aromatic carbocycles. The molecule has 24 heavy (non-hydrogen) atoms. The summed E-state index contributed by atoms with van der Waals surface area (Å²) in [6.07, 6.45) is 1.14. The predicted octanol–water partition coefficient (Wildman–Crippen LogP) is 3.87. The maximum Gasteiger partial charge on any atom is 0.349 e. The zero-order valence-electron chi connectivity index (χ0n) is 14.4. The lowest BCUT2D eigenvalue weighted by Crippen LogP contribution is -2.44. The predicted molar refractivity (Wildman–Crippen MR) is 96.4 cm³/mol. The van der Waals surface area contributed by atoms with E-state index >= 15 is 0 Å². The normalized spacial score (nSPS) is 21.0. The lowest BCUT2D eigenvalue weighted by Gasteiger charge is -2.34. The Hall–Kier alpha value is -1.88. The highest BCUT2D eigenvalue weighted by atomic mass is 32.1. The molecule has 1 aliphatic rings. The average Bonchev–Trinajstić information content (AvgIpc) is 2.89. The summed E-state index contributed by atoms with van der Waals surface area (Å²) in [7, 11) is 0. The van der Waals surface area contributed by atoms with E-state index in [-0.39, 0.29) is 12.5 Å². The molecule has 2 atom stereocenters. The van der Waals surface area contributed by atoms with E-state index in [1.54, 1.807) is 0 Å². The molecule has 1 amide bonds. The lowest BCUT2D eigenvalue weighted by atomic mass is 9.92. The molecule has 0 spiro atoms. The summed E-state index contributed by atoms with van der Waals surface area (Å²) in [5, 5.41) is 1.07. The van der Waals surface area contributed by atoms with E-state index in [0.717, 1.165) is 35.2 Å². The Morgan fingerprint density at radius 1 is 1.21 bits per heavy atom. The molecule has 5 heteroatoms. The fourth-order valence-electron chi connectivity index (χ4n) is 3.52. The molecule has 0 saturated carbocycles. The molecule has 1 fully saturated rings. The van der Waals surface area contributed by atoms with Gasteiger partial charge in [-0.05, 0) is 42.2 Å². The van der Waals surface area contributed by atoms with Crippen molar-refractivity contribution in [1.29, 1.82) is 0 Å². The number of esters is 1. The molecule has 2 heterocycles. The molecule has 0 aliphatic carbocycles. The molecule has 0 bridgehead atoms. The van der Waals surface area contributed by atoms with Crippen LogP contribution in [0.4, 0.5) is 0 Å². The number of benzene rings is 1. The van der Waals surface area contributed by atoms with Crippen molar-refractivity contribution < 1.29 is 14.3 Å². The smallest absolute Gasteiger partial charge is 0.349 e. The van der Waals surface area contributed by atoms with E-state index in [4.69, 9.17) is 4.74 Å². The second kappa shape index (κ2) is 6.93. The molecular weight excluding hydrogens is 322 g/mol. The van der Waals surface area contributed by atoms with Crippen LogP contribution in [0.2, 0.25) is 0 Å². The van der Waals surface area contributed by atoms with Crippen LogP contribution >= 0.6 is 11.3 Å². The fraction of sp³-hybridized carbons (Fsp3) is 0.474. The Morgan fingerprint density at radius 3 is 2.54 bits per heavy atom.